The third kappa shape index (κ3) is 4.98. The predicted molar refractivity (Wildman–Crippen MR) is 83.9 cm³/mol. The molecule has 0 saturated heterocycles. The summed E-state index contributed by atoms with van der Waals surface area (Å²) in [5.74, 6) is -0.740. The van der Waals surface area contributed by atoms with E-state index >= 15 is 0 Å². The van der Waals surface area contributed by atoms with Crippen LogP contribution >= 0.6 is 0 Å². The van der Waals surface area contributed by atoms with Crippen LogP contribution in [0.3, 0.4) is 0 Å². The van der Waals surface area contributed by atoms with Gasteiger partial charge in [0.15, 0.2) is 0 Å². The quantitative estimate of drug-likeness (QED) is 0.817. The van der Waals surface area contributed by atoms with Crippen molar-refractivity contribution in [2.24, 2.45) is 0 Å². The Hall–Kier alpha value is -3.04. The van der Waals surface area contributed by atoms with Gasteiger partial charge in [0.2, 0.25) is 5.88 Å². The molecule has 0 bridgehead atoms. The molecular weight excluding hydrogens is 355 g/mol. The number of aromatic nitrogens is 2. The molecule has 0 spiro atoms. The fourth-order valence-electron chi connectivity index (χ4n) is 1.99. The number of amides is 1. The van der Waals surface area contributed by atoms with Crippen molar-refractivity contribution in [3.63, 3.8) is 0 Å². The first-order valence-electron chi connectivity index (χ1n) is 7.56. The second-order valence-electron chi connectivity index (χ2n) is 5.13. The van der Waals surface area contributed by atoms with Crippen molar-refractivity contribution in [3.8, 4) is 11.6 Å². The average molecular weight is 371 g/mol. The van der Waals surface area contributed by atoms with Crippen molar-refractivity contribution < 1.29 is 32.2 Å². The number of nitrogens with one attached hydrogen (secondary N) is 1. The van der Waals surface area contributed by atoms with E-state index < -0.39 is 23.7 Å². The van der Waals surface area contributed by atoms with E-state index in [0.29, 0.717) is 5.69 Å². The number of benzene rings is 1. The third-order valence-electron chi connectivity index (χ3n) is 3.13. The summed E-state index contributed by atoms with van der Waals surface area (Å²) >= 11 is 0. The predicted octanol–water partition coefficient (Wildman–Crippen LogP) is 3.12. The first-order valence-corrected chi connectivity index (χ1v) is 7.56. The molecule has 1 heterocycles. The first kappa shape index (κ1) is 19.3. The highest BCUT2D eigenvalue weighted by atomic mass is 19.4. The van der Waals surface area contributed by atoms with Gasteiger partial charge < -0.3 is 14.8 Å². The molecule has 10 heteroatoms. The number of nitrogens with zero attached hydrogens (tertiary/aromatic N) is 2. The molecule has 0 fully saturated rings. The topological polar surface area (TPSA) is 82.5 Å². The summed E-state index contributed by atoms with van der Waals surface area (Å²) in [7, 11) is 0. The second kappa shape index (κ2) is 7.89. The molecule has 0 saturated carbocycles. The average Bonchev–Trinajstić information content (AvgIpc) is 2.93. The van der Waals surface area contributed by atoms with Gasteiger partial charge in [-0.1, -0.05) is 6.07 Å². The summed E-state index contributed by atoms with van der Waals surface area (Å²) in [5, 5.41) is 6.18. The van der Waals surface area contributed by atoms with Crippen LogP contribution < -0.4 is 10.1 Å². The Balaban J connectivity index is 2.08. The Morgan fingerprint density at radius 1 is 1.27 bits per heavy atom. The maximum atomic E-state index is 12.7. The van der Waals surface area contributed by atoms with Crippen LogP contribution in [-0.2, 0) is 15.7 Å². The van der Waals surface area contributed by atoms with E-state index in [1.165, 1.54) is 18.2 Å². The molecule has 1 aromatic heterocycles. The number of alkyl halides is 3. The van der Waals surface area contributed by atoms with Crippen LogP contribution in [0.2, 0.25) is 0 Å². The van der Waals surface area contributed by atoms with Crippen LogP contribution in [0, 0.1) is 6.92 Å². The molecule has 0 unspecified atom stereocenters. The SMILES string of the molecule is CCOC(=O)CNC(=O)n1nc(Oc2cccc(C(F)(F)F)c2)cc1C. The Morgan fingerprint density at radius 2 is 2.00 bits per heavy atom. The standard InChI is InChI=1S/C16H16F3N3O4/c1-3-25-14(23)9-20-15(24)22-10(2)7-13(21-22)26-12-6-4-5-11(8-12)16(17,18)19/h4-8H,3,9H2,1-2H3,(H,20,24). The van der Waals surface area contributed by atoms with E-state index in [1.807, 2.05) is 0 Å². The molecule has 1 aromatic carbocycles. The highest BCUT2D eigenvalue weighted by Crippen LogP contribution is 2.32. The van der Waals surface area contributed by atoms with Gasteiger partial charge >= 0.3 is 18.2 Å². The van der Waals surface area contributed by atoms with Crippen molar-refractivity contribution in [1.29, 1.82) is 0 Å². The number of esters is 1. The second-order valence-corrected chi connectivity index (χ2v) is 5.13. The van der Waals surface area contributed by atoms with Crippen LogP contribution in [0.25, 0.3) is 0 Å². The molecule has 140 valence electrons. The smallest absolute Gasteiger partial charge is 0.416 e. The maximum absolute atomic E-state index is 12.7. The van der Waals surface area contributed by atoms with Crippen LogP contribution in [0.5, 0.6) is 11.6 Å². The summed E-state index contributed by atoms with van der Waals surface area (Å²) in [4.78, 5) is 23.2. The van der Waals surface area contributed by atoms with Gasteiger partial charge in [0.05, 0.1) is 17.9 Å². The van der Waals surface area contributed by atoms with Gasteiger partial charge in [0.25, 0.3) is 0 Å². The van der Waals surface area contributed by atoms with Crippen molar-refractivity contribution in [2.75, 3.05) is 13.2 Å². The lowest BCUT2D eigenvalue weighted by atomic mass is 10.2. The zero-order valence-corrected chi connectivity index (χ0v) is 14.0. The molecule has 0 radical (unpaired) electrons. The van der Waals surface area contributed by atoms with Crippen LogP contribution in [0.1, 0.15) is 18.2 Å². The maximum Gasteiger partial charge on any atom is 0.416 e. The minimum absolute atomic E-state index is 0.0619. The van der Waals surface area contributed by atoms with E-state index in [1.54, 1.807) is 13.8 Å². The third-order valence-corrected chi connectivity index (χ3v) is 3.13. The van der Waals surface area contributed by atoms with Gasteiger partial charge in [-0.3, -0.25) is 4.79 Å². The zero-order valence-electron chi connectivity index (χ0n) is 14.0. The van der Waals surface area contributed by atoms with Gasteiger partial charge in [-0.25, -0.2) is 4.79 Å². The summed E-state index contributed by atoms with van der Waals surface area (Å²) < 4.78 is 49.1. The zero-order chi connectivity index (χ0) is 19.3. The van der Waals surface area contributed by atoms with E-state index in [2.05, 4.69) is 15.2 Å². The molecule has 7 nitrogen and oxygen atoms in total. The van der Waals surface area contributed by atoms with Gasteiger partial charge in [0.1, 0.15) is 12.3 Å². The molecule has 0 aliphatic carbocycles. The van der Waals surface area contributed by atoms with Gasteiger partial charge in [0, 0.05) is 6.07 Å². The van der Waals surface area contributed by atoms with Crippen molar-refractivity contribution in [3.05, 3.63) is 41.6 Å². The lowest BCUT2D eigenvalue weighted by Crippen LogP contribution is -2.35. The summed E-state index contributed by atoms with van der Waals surface area (Å²) in [6.45, 7) is 3.03. The molecule has 0 aliphatic rings. The number of ether oxygens (including phenoxy) is 2. The highest BCUT2D eigenvalue weighted by Gasteiger charge is 2.30. The van der Waals surface area contributed by atoms with Crippen LogP contribution in [0.15, 0.2) is 30.3 Å². The van der Waals surface area contributed by atoms with Crippen molar-refractivity contribution in [2.45, 2.75) is 20.0 Å². The molecule has 0 atom stereocenters. The molecular formula is C16H16F3N3O4. The Morgan fingerprint density at radius 3 is 2.65 bits per heavy atom. The molecule has 26 heavy (non-hydrogen) atoms. The monoisotopic (exact) mass is 371 g/mol. The fraction of sp³-hybridized carbons (Fsp3) is 0.312. The normalized spacial score (nSPS) is 11.1. The minimum Gasteiger partial charge on any atom is -0.465 e. The number of rotatable bonds is 5. The molecule has 2 rings (SSSR count). The Labute approximate surface area is 146 Å². The molecule has 0 aliphatic heterocycles. The number of carbonyl (C=O) groups excluding carboxylic acids is 2. The lowest BCUT2D eigenvalue weighted by Gasteiger charge is -2.08. The molecule has 2 aromatic rings. The number of hydrogen-bond donors (Lipinski definition) is 1. The molecule has 1 N–H and O–H groups in total. The van der Waals surface area contributed by atoms with E-state index in [0.717, 1.165) is 16.8 Å². The summed E-state index contributed by atoms with van der Waals surface area (Å²) in [5.41, 5.74) is -0.494. The highest BCUT2D eigenvalue weighted by molar-refractivity contribution is 5.82. The van der Waals surface area contributed by atoms with Crippen LogP contribution in [0.4, 0.5) is 18.0 Å². The van der Waals surface area contributed by atoms with Gasteiger partial charge in [-0.05, 0) is 32.0 Å². The lowest BCUT2D eigenvalue weighted by molar-refractivity contribution is -0.141. The van der Waals surface area contributed by atoms with E-state index in [9.17, 15) is 22.8 Å². The van der Waals surface area contributed by atoms with Gasteiger partial charge in [-0.15, -0.1) is 5.10 Å². The van der Waals surface area contributed by atoms with E-state index in [4.69, 9.17) is 4.74 Å². The number of carbonyl (C=O) groups is 2. The minimum atomic E-state index is -4.50. The summed E-state index contributed by atoms with van der Waals surface area (Å²) in [6, 6.07) is 4.96. The number of hydrogen-bond acceptors (Lipinski definition) is 5. The first-order chi connectivity index (χ1) is 12.2. The van der Waals surface area contributed by atoms with E-state index in [-0.39, 0.29) is 24.8 Å². The summed E-state index contributed by atoms with van der Waals surface area (Å²) in [6.07, 6.45) is -4.50. The molecule has 1 amide bonds. The number of halogens is 3. The van der Waals surface area contributed by atoms with Gasteiger partial charge in [-0.2, -0.15) is 17.9 Å². The largest absolute Gasteiger partial charge is 0.465 e. The van der Waals surface area contributed by atoms with Crippen molar-refractivity contribution >= 4 is 12.0 Å². The van der Waals surface area contributed by atoms with Crippen LogP contribution in [-0.4, -0.2) is 34.9 Å². The Kier molecular flexibility index (Phi) is 5.86. The fourth-order valence-corrected chi connectivity index (χ4v) is 1.99. The number of aryl methyl sites for hydroxylation is 1. The Bertz CT molecular complexity index is 802. The van der Waals surface area contributed by atoms with Crippen molar-refractivity contribution in [1.82, 2.24) is 15.1 Å².